The number of carbonyl (C=O) groups excluding carboxylic acids is 2. The Morgan fingerprint density at radius 3 is 1.59 bits per heavy atom. The lowest BCUT2D eigenvalue weighted by Crippen LogP contribution is -2.30. The molecule has 0 spiro atoms. The molecule has 8 heteroatoms. The van der Waals surface area contributed by atoms with Gasteiger partial charge in [0.15, 0.2) is 0 Å². The summed E-state index contributed by atoms with van der Waals surface area (Å²) in [6.45, 7) is 10.3. The van der Waals surface area contributed by atoms with Crippen LogP contribution in [0.5, 0.6) is 0 Å². The highest BCUT2D eigenvalue weighted by atomic mass is 79.9. The standard InChI is InChI=1S/C48H77BrN4O2S/c1-5-9-13-17-21-22-24-28-32-38(31-27-23-18-14-10-6-2)35-39-36-42(56-46(39)49)44-43-40(47(54)52(48(43)55)33-29-25-19-15-11-7-3)37-41-45(44)51-53(50-41)34-30-26-20-16-12-8-4/h36-38H,5-35H2,1-4H3. The van der Waals surface area contributed by atoms with Crippen molar-refractivity contribution >= 4 is 50.1 Å². The van der Waals surface area contributed by atoms with E-state index in [0.717, 1.165) is 64.8 Å². The third kappa shape index (κ3) is 14.6. The Balaban J connectivity index is 1.56. The summed E-state index contributed by atoms with van der Waals surface area (Å²) in [5, 5.41) is 9.98. The fraction of sp³-hybridized carbons (Fsp3) is 0.750. The molecule has 0 radical (unpaired) electrons. The SMILES string of the molecule is CCCCCCCCCCC(CCCCCCCC)Cc1cc(-c2c3c(cc4nn(CCCCCCCC)nc24)C(=O)N(CCCCCCCC)C3=O)sc1Br. The average Bonchev–Trinajstić information content (AvgIpc) is 3.85. The molecule has 2 aromatic heterocycles. The summed E-state index contributed by atoms with van der Waals surface area (Å²) in [4.78, 5) is 32.6. The van der Waals surface area contributed by atoms with E-state index in [1.54, 1.807) is 11.3 Å². The summed E-state index contributed by atoms with van der Waals surface area (Å²) in [7, 11) is 0. The van der Waals surface area contributed by atoms with Crippen LogP contribution in [0.3, 0.4) is 0 Å². The van der Waals surface area contributed by atoms with E-state index < -0.39 is 0 Å². The van der Waals surface area contributed by atoms with Crippen LogP contribution in [0.4, 0.5) is 0 Å². The molecule has 56 heavy (non-hydrogen) atoms. The number of amides is 2. The Morgan fingerprint density at radius 1 is 0.571 bits per heavy atom. The minimum atomic E-state index is -0.174. The molecular formula is C48H77BrN4O2S. The first-order valence-electron chi connectivity index (χ1n) is 23.5. The van der Waals surface area contributed by atoms with Gasteiger partial charge in [0.05, 0.1) is 21.5 Å². The number of rotatable bonds is 33. The van der Waals surface area contributed by atoms with Crippen molar-refractivity contribution in [3.05, 3.63) is 32.6 Å². The number of unbranched alkanes of at least 4 members (excludes halogenated alkanes) is 22. The van der Waals surface area contributed by atoms with Gasteiger partial charge in [0.1, 0.15) is 11.0 Å². The summed E-state index contributed by atoms with van der Waals surface area (Å²) in [5.74, 6) is 0.311. The van der Waals surface area contributed by atoms with Crippen molar-refractivity contribution in [1.29, 1.82) is 0 Å². The fourth-order valence-corrected chi connectivity index (χ4v) is 10.4. The molecule has 4 rings (SSSR count). The van der Waals surface area contributed by atoms with Crippen LogP contribution < -0.4 is 0 Å². The van der Waals surface area contributed by atoms with Crippen LogP contribution in [-0.4, -0.2) is 38.3 Å². The van der Waals surface area contributed by atoms with Gasteiger partial charge in [-0.1, -0.05) is 195 Å². The number of aromatic nitrogens is 3. The number of imide groups is 1. The van der Waals surface area contributed by atoms with Crippen LogP contribution in [0.2, 0.25) is 0 Å². The summed E-state index contributed by atoms with van der Waals surface area (Å²) >= 11 is 5.70. The van der Waals surface area contributed by atoms with E-state index in [0.29, 0.717) is 29.1 Å². The molecule has 0 bridgehead atoms. The number of aryl methyl sites for hydroxylation is 1. The minimum absolute atomic E-state index is 0.164. The molecule has 0 saturated heterocycles. The Kier molecular flexibility index (Phi) is 22.4. The van der Waals surface area contributed by atoms with Crippen molar-refractivity contribution < 1.29 is 9.59 Å². The molecule has 0 aliphatic carbocycles. The number of hydrogen-bond donors (Lipinski definition) is 0. The van der Waals surface area contributed by atoms with Gasteiger partial charge in [0.25, 0.3) is 11.8 Å². The molecule has 1 aliphatic heterocycles. The molecule has 6 nitrogen and oxygen atoms in total. The second-order valence-electron chi connectivity index (χ2n) is 16.9. The molecule has 1 unspecified atom stereocenters. The topological polar surface area (TPSA) is 68.1 Å². The van der Waals surface area contributed by atoms with Crippen molar-refractivity contribution in [3.8, 4) is 10.4 Å². The van der Waals surface area contributed by atoms with Gasteiger partial charge < -0.3 is 0 Å². The number of nitrogens with zero attached hydrogens (tertiary/aromatic N) is 4. The van der Waals surface area contributed by atoms with Crippen molar-refractivity contribution in [3.63, 3.8) is 0 Å². The first-order chi connectivity index (χ1) is 27.4. The van der Waals surface area contributed by atoms with E-state index in [1.807, 2.05) is 10.9 Å². The molecule has 0 saturated carbocycles. The third-order valence-corrected chi connectivity index (χ3v) is 14.0. The zero-order chi connectivity index (χ0) is 40.0. The zero-order valence-corrected chi connectivity index (χ0v) is 38.4. The van der Waals surface area contributed by atoms with Crippen molar-refractivity contribution in [2.75, 3.05) is 6.54 Å². The highest BCUT2D eigenvalue weighted by Gasteiger charge is 2.40. The second kappa shape index (κ2) is 26.8. The number of carbonyl (C=O) groups is 2. The number of thiophene rings is 1. The smallest absolute Gasteiger partial charge is 0.262 e. The molecule has 3 aromatic rings. The van der Waals surface area contributed by atoms with Crippen LogP contribution in [-0.2, 0) is 13.0 Å². The highest BCUT2D eigenvalue weighted by Crippen LogP contribution is 2.44. The molecule has 1 aromatic carbocycles. The lowest BCUT2D eigenvalue weighted by Gasteiger charge is -2.17. The van der Waals surface area contributed by atoms with E-state index in [4.69, 9.17) is 10.2 Å². The van der Waals surface area contributed by atoms with Crippen molar-refractivity contribution in [2.24, 2.45) is 5.92 Å². The molecular weight excluding hydrogens is 777 g/mol. The Bertz CT molecular complexity index is 1580. The lowest BCUT2D eigenvalue weighted by atomic mass is 9.89. The summed E-state index contributed by atoms with van der Waals surface area (Å²) in [5.41, 5.74) is 4.63. The number of hydrogen-bond acceptors (Lipinski definition) is 5. The summed E-state index contributed by atoms with van der Waals surface area (Å²) in [6.07, 6.45) is 36.3. The fourth-order valence-electron chi connectivity index (χ4n) is 8.60. The Morgan fingerprint density at radius 2 is 1.05 bits per heavy atom. The Hall–Kier alpha value is -2.06. The van der Waals surface area contributed by atoms with E-state index in [1.165, 1.54) is 158 Å². The lowest BCUT2D eigenvalue weighted by molar-refractivity contribution is 0.0651. The molecule has 0 N–H and O–H groups in total. The number of halogens is 1. The maximum Gasteiger partial charge on any atom is 0.262 e. The van der Waals surface area contributed by atoms with Gasteiger partial charge in [-0.25, -0.2) is 0 Å². The van der Waals surface area contributed by atoms with E-state index in [-0.39, 0.29) is 11.8 Å². The van der Waals surface area contributed by atoms with E-state index >= 15 is 0 Å². The van der Waals surface area contributed by atoms with Gasteiger partial charge in [-0.05, 0) is 58.8 Å². The molecule has 2 amide bonds. The van der Waals surface area contributed by atoms with E-state index in [2.05, 4.69) is 49.7 Å². The van der Waals surface area contributed by atoms with Crippen LogP contribution in [0.1, 0.15) is 234 Å². The summed E-state index contributed by atoms with van der Waals surface area (Å²) in [6, 6.07) is 4.16. The molecule has 314 valence electrons. The van der Waals surface area contributed by atoms with Gasteiger partial charge >= 0.3 is 0 Å². The second-order valence-corrected chi connectivity index (χ2v) is 19.3. The number of benzene rings is 1. The monoisotopic (exact) mass is 852 g/mol. The third-order valence-electron chi connectivity index (χ3n) is 12.0. The van der Waals surface area contributed by atoms with Crippen molar-refractivity contribution in [1.82, 2.24) is 19.9 Å². The maximum absolute atomic E-state index is 14.3. The quantitative estimate of drug-likeness (QED) is 0.0452. The Labute approximate surface area is 353 Å². The van der Waals surface area contributed by atoms with E-state index in [9.17, 15) is 9.59 Å². The van der Waals surface area contributed by atoms with Gasteiger partial charge in [-0.2, -0.15) is 15.0 Å². The van der Waals surface area contributed by atoms with Gasteiger partial charge in [-0.3, -0.25) is 14.5 Å². The summed E-state index contributed by atoms with van der Waals surface area (Å²) < 4.78 is 1.14. The first kappa shape index (κ1) is 46.6. The highest BCUT2D eigenvalue weighted by molar-refractivity contribution is 9.11. The van der Waals surface area contributed by atoms with Crippen LogP contribution >= 0.6 is 27.3 Å². The number of fused-ring (bicyclic) bond motifs is 2. The maximum atomic E-state index is 14.3. The predicted octanol–water partition coefficient (Wildman–Crippen LogP) is 15.7. The molecule has 1 aliphatic rings. The predicted molar refractivity (Wildman–Crippen MR) is 243 cm³/mol. The molecule has 3 heterocycles. The van der Waals surface area contributed by atoms with Crippen molar-refractivity contribution in [2.45, 2.75) is 220 Å². The van der Waals surface area contributed by atoms with Crippen LogP contribution in [0.25, 0.3) is 21.5 Å². The average molecular weight is 854 g/mol. The first-order valence-corrected chi connectivity index (χ1v) is 25.1. The van der Waals surface area contributed by atoms with Gasteiger partial charge in [0.2, 0.25) is 0 Å². The molecule has 0 fully saturated rings. The molecule has 1 atom stereocenters. The zero-order valence-electron chi connectivity index (χ0n) is 36.0. The van der Waals surface area contributed by atoms with Crippen LogP contribution in [0.15, 0.2) is 15.9 Å². The van der Waals surface area contributed by atoms with Gasteiger partial charge in [0, 0.05) is 17.0 Å². The largest absolute Gasteiger partial charge is 0.274 e. The normalized spacial score (nSPS) is 13.5. The van der Waals surface area contributed by atoms with Crippen LogP contribution in [0, 0.1) is 5.92 Å². The minimum Gasteiger partial charge on any atom is -0.274 e. The van der Waals surface area contributed by atoms with Gasteiger partial charge in [-0.15, -0.1) is 11.3 Å².